The lowest BCUT2D eigenvalue weighted by Crippen LogP contribution is -2.11. The highest BCUT2D eigenvalue weighted by atomic mass is 35.5. The van der Waals surface area contributed by atoms with Crippen LogP contribution >= 0.6 is 11.6 Å². The van der Waals surface area contributed by atoms with E-state index in [2.05, 4.69) is 16.0 Å². The van der Waals surface area contributed by atoms with Crippen LogP contribution in [0.4, 0.5) is 5.69 Å². The Morgan fingerprint density at radius 3 is 2.60 bits per heavy atom. The normalized spacial score (nSPS) is 11.4. The van der Waals surface area contributed by atoms with Crippen molar-refractivity contribution in [2.24, 2.45) is 0 Å². The van der Waals surface area contributed by atoms with Gasteiger partial charge in [-0.3, -0.25) is 4.79 Å². The first-order valence-electron chi connectivity index (χ1n) is 7.57. The van der Waals surface area contributed by atoms with E-state index in [1.165, 1.54) is 0 Å². The Bertz CT molecular complexity index is 1060. The van der Waals surface area contributed by atoms with Crippen molar-refractivity contribution >= 4 is 39.8 Å². The zero-order valence-electron chi connectivity index (χ0n) is 13.7. The van der Waals surface area contributed by atoms with E-state index in [9.17, 15) is 10.1 Å². The van der Waals surface area contributed by atoms with Crippen molar-refractivity contribution in [3.05, 3.63) is 69.2 Å². The van der Waals surface area contributed by atoms with Gasteiger partial charge in [0.15, 0.2) is 5.82 Å². The Morgan fingerprint density at radius 1 is 1.24 bits per heavy atom. The first-order chi connectivity index (χ1) is 12.0. The fraction of sp³-hybridized carbons (Fsp3) is 0.105. The van der Waals surface area contributed by atoms with E-state index in [1.807, 2.05) is 43.3 Å². The third kappa shape index (κ3) is 3.54. The highest BCUT2D eigenvalue weighted by Gasteiger charge is 2.09. The van der Waals surface area contributed by atoms with Gasteiger partial charge in [0.1, 0.15) is 6.07 Å². The molecular weight excluding hydrogens is 336 g/mol. The van der Waals surface area contributed by atoms with E-state index in [1.54, 1.807) is 24.3 Å². The van der Waals surface area contributed by atoms with Crippen molar-refractivity contribution in [1.82, 2.24) is 9.97 Å². The van der Waals surface area contributed by atoms with Gasteiger partial charge < -0.3 is 9.88 Å². The first-order valence-corrected chi connectivity index (χ1v) is 7.95. The van der Waals surface area contributed by atoms with Gasteiger partial charge in [0, 0.05) is 24.8 Å². The van der Waals surface area contributed by atoms with E-state index in [-0.39, 0.29) is 17.0 Å². The summed E-state index contributed by atoms with van der Waals surface area (Å²) < 4.78 is 0. The van der Waals surface area contributed by atoms with Gasteiger partial charge in [0.2, 0.25) is 0 Å². The maximum atomic E-state index is 12.2. The van der Waals surface area contributed by atoms with Gasteiger partial charge in [0.05, 0.1) is 16.5 Å². The SMILES string of the molecule is CN(C)c1ccc(/C=C(\C#N)c2nc3cc(Cl)ccc3c(=O)[nH]2)cc1. The molecule has 3 aromatic rings. The number of nitriles is 1. The molecule has 0 fully saturated rings. The molecule has 124 valence electrons. The Balaban J connectivity index is 2.07. The molecule has 1 N–H and O–H groups in total. The zero-order chi connectivity index (χ0) is 18.0. The molecule has 1 heterocycles. The molecule has 3 rings (SSSR count). The maximum Gasteiger partial charge on any atom is 0.259 e. The second-order valence-electron chi connectivity index (χ2n) is 5.73. The van der Waals surface area contributed by atoms with Crippen LogP contribution in [0.15, 0.2) is 47.3 Å². The molecule has 1 aromatic heterocycles. The molecule has 6 heteroatoms. The van der Waals surface area contributed by atoms with Crippen LogP contribution in [0.3, 0.4) is 0 Å². The summed E-state index contributed by atoms with van der Waals surface area (Å²) >= 11 is 5.97. The molecule has 0 atom stereocenters. The third-order valence-corrected chi connectivity index (χ3v) is 4.00. The van der Waals surface area contributed by atoms with Gasteiger partial charge in [-0.1, -0.05) is 23.7 Å². The summed E-state index contributed by atoms with van der Waals surface area (Å²) in [5, 5.41) is 10.4. The van der Waals surface area contributed by atoms with E-state index < -0.39 is 0 Å². The average molecular weight is 351 g/mol. The molecular formula is C19H15ClN4O. The molecule has 0 radical (unpaired) electrons. The number of hydrogen-bond donors (Lipinski definition) is 1. The Labute approximate surface area is 149 Å². The highest BCUT2D eigenvalue weighted by Crippen LogP contribution is 2.20. The van der Waals surface area contributed by atoms with Gasteiger partial charge in [-0.15, -0.1) is 0 Å². The van der Waals surface area contributed by atoms with E-state index in [0.29, 0.717) is 15.9 Å². The Hall–Kier alpha value is -3.10. The summed E-state index contributed by atoms with van der Waals surface area (Å²) in [6.07, 6.45) is 1.69. The molecule has 2 aromatic carbocycles. The van der Waals surface area contributed by atoms with Crippen LogP contribution in [0, 0.1) is 11.3 Å². The minimum absolute atomic E-state index is 0.221. The number of benzene rings is 2. The number of aromatic nitrogens is 2. The van der Waals surface area contributed by atoms with Crippen LogP contribution in [-0.2, 0) is 0 Å². The summed E-state index contributed by atoms with van der Waals surface area (Å²) in [7, 11) is 3.92. The number of fused-ring (bicyclic) bond motifs is 1. The van der Waals surface area contributed by atoms with Gasteiger partial charge >= 0.3 is 0 Å². The molecule has 0 bridgehead atoms. The van der Waals surface area contributed by atoms with Crippen molar-refractivity contribution in [1.29, 1.82) is 5.26 Å². The van der Waals surface area contributed by atoms with Crippen LogP contribution in [0.2, 0.25) is 5.02 Å². The van der Waals surface area contributed by atoms with Gasteiger partial charge in [-0.25, -0.2) is 4.98 Å². The molecule has 0 spiro atoms. The Kier molecular flexibility index (Phi) is 4.55. The fourth-order valence-electron chi connectivity index (χ4n) is 2.43. The van der Waals surface area contributed by atoms with E-state index in [0.717, 1.165) is 11.3 Å². The quantitative estimate of drug-likeness (QED) is 0.731. The predicted molar refractivity (Wildman–Crippen MR) is 102 cm³/mol. The number of hydrogen-bond acceptors (Lipinski definition) is 4. The lowest BCUT2D eigenvalue weighted by molar-refractivity contribution is 1.13. The van der Waals surface area contributed by atoms with Crippen LogP contribution in [0.1, 0.15) is 11.4 Å². The summed E-state index contributed by atoms with van der Waals surface area (Å²) in [4.78, 5) is 21.2. The van der Waals surface area contributed by atoms with Crippen LogP contribution < -0.4 is 10.5 Å². The molecule has 0 aliphatic rings. The first kappa shape index (κ1) is 16.7. The standard InChI is InChI=1S/C19H15ClN4O/c1-24(2)15-6-3-12(4-7-15)9-13(11-21)18-22-17-10-14(20)5-8-16(17)19(25)23-18/h3-10H,1-2H3,(H,22,23,25)/b13-9+. The summed E-state index contributed by atoms with van der Waals surface area (Å²) in [5.74, 6) is 0.221. The van der Waals surface area contributed by atoms with Crippen molar-refractivity contribution in [3.8, 4) is 6.07 Å². The van der Waals surface area contributed by atoms with Crippen molar-refractivity contribution < 1.29 is 0 Å². The van der Waals surface area contributed by atoms with Crippen molar-refractivity contribution in [3.63, 3.8) is 0 Å². The number of allylic oxidation sites excluding steroid dienone is 1. The molecule has 0 aliphatic heterocycles. The summed E-state index contributed by atoms with van der Waals surface area (Å²) in [6.45, 7) is 0. The van der Waals surface area contributed by atoms with Crippen molar-refractivity contribution in [2.75, 3.05) is 19.0 Å². The van der Waals surface area contributed by atoms with Gasteiger partial charge in [0.25, 0.3) is 5.56 Å². The number of H-pyrrole nitrogens is 1. The second kappa shape index (κ2) is 6.80. The third-order valence-electron chi connectivity index (χ3n) is 3.76. The number of rotatable bonds is 3. The fourth-order valence-corrected chi connectivity index (χ4v) is 2.60. The number of halogens is 1. The lowest BCUT2D eigenvalue weighted by Gasteiger charge is -2.11. The summed E-state index contributed by atoms with van der Waals surface area (Å²) in [5.41, 5.74) is 2.33. The molecule has 0 amide bonds. The number of anilines is 1. The van der Waals surface area contributed by atoms with Crippen molar-refractivity contribution in [2.45, 2.75) is 0 Å². The minimum Gasteiger partial charge on any atom is -0.378 e. The minimum atomic E-state index is -0.305. The van der Waals surface area contributed by atoms with Crippen LogP contribution in [-0.4, -0.2) is 24.1 Å². The number of nitrogens with zero attached hydrogens (tertiary/aromatic N) is 3. The number of nitrogens with one attached hydrogen (secondary N) is 1. The van der Waals surface area contributed by atoms with Gasteiger partial charge in [-0.2, -0.15) is 5.26 Å². The molecule has 0 saturated carbocycles. The second-order valence-corrected chi connectivity index (χ2v) is 6.17. The van der Waals surface area contributed by atoms with Crippen LogP contribution in [0.5, 0.6) is 0 Å². The van der Waals surface area contributed by atoms with E-state index in [4.69, 9.17) is 11.6 Å². The molecule has 0 aliphatic carbocycles. The maximum absolute atomic E-state index is 12.2. The smallest absolute Gasteiger partial charge is 0.259 e. The molecule has 0 saturated heterocycles. The van der Waals surface area contributed by atoms with E-state index >= 15 is 0 Å². The average Bonchev–Trinajstić information content (AvgIpc) is 2.59. The number of aromatic amines is 1. The summed E-state index contributed by atoms with van der Waals surface area (Å²) in [6, 6.07) is 14.7. The molecule has 25 heavy (non-hydrogen) atoms. The zero-order valence-corrected chi connectivity index (χ0v) is 14.5. The molecule has 0 unspecified atom stereocenters. The topological polar surface area (TPSA) is 72.8 Å². The Morgan fingerprint density at radius 2 is 1.96 bits per heavy atom. The largest absolute Gasteiger partial charge is 0.378 e. The lowest BCUT2D eigenvalue weighted by atomic mass is 10.1. The van der Waals surface area contributed by atoms with Crippen LogP contribution in [0.25, 0.3) is 22.6 Å². The predicted octanol–water partition coefficient (Wildman–Crippen LogP) is 3.71. The highest BCUT2D eigenvalue weighted by molar-refractivity contribution is 6.31. The molecule has 5 nitrogen and oxygen atoms in total. The van der Waals surface area contributed by atoms with Gasteiger partial charge in [-0.05, 0) is 42.0 Å². The monoisotopic (exact) mass is 350 g/mol.